The molecule has 0 aliphatic carbocycles. The number of aliphatic hydroxyl groups is 2. The number of hydrogen-bond donors (Lipinski definition) is 2. The number of nitrogens with zero attached hydrogens (tertiary/aromatic N) is 1. The number of rotatable bonds is 5. The van der Waals surface area contributed by atoms with Crippen molar-refractivity contribution in [3.8, 4) is 0 Å². The van der Waals surface area contributed by atoms with Gasteiger partial charge < -0.3 is 10.2 Å². The molecule has 0 bridgehead atoms. The van der Waals surface area contributed by atoms with E-state index >= 15 is 0 Å². The molecular weight excluding hydrogens is 326 g/mol. The third-order valence-corrected chi connectivity index (χ3v) is 4.79. The molecule has 0 aromatic heterocycles. The standard InChI is InChI=1S/C17H23F4NO2/c1-2-6-16(11-23)10-22(7-5-15(16)24)9-12-8-13(18)3-4-14(12)17(19,20)21/h3-4,8,15,23-24H,2,5-7,9-11H2,1H3/t15-,16+/m1/s1. The zero-order valence-electron chi connectivity index (χ0n) is 13.6. The van der Waals surface area contributed by atoms with Crippen molar-refractivity contribution in [3.63, 3.8) is 0 Å². The van der Waals surface area contributed by atoms with E-state index < -0.39 is 29.1 Å². The van der Waals surface area contributed by atoms with Crippen LogP contribution in [0.1, 0.15) is 37.3 Å². The Balaban J connectivity index is 2.24. The summed E-state index contributed by atoms with van der Waals surface area (Å²) in [5.41, 5.74) is -1.71. The van der Waals surface area contributed by atoms with Crippen LogP contribution in [0.15, 0.2) is 18.2 Å². The maximum atomic E-state index is 13.4. The van der Waals surface area contributed by atoms with Gasteiger partial charge in [0.2, 0.25) is 0 Å². The van der Waals surface area contributed by atoms with Crippen LogP contribution in [-0.2, 0) is 12.7 Å². The zero-order chi connectivity index (χ0) is 18.0. The first kappa shape index (κ1) is 19.1. The molecule has 2 atom stereocenters. The fraction of sp³-hybridized carbons (Fsp3) is 0.647. The summed E-state index contributed by atoms with van der Waals surface area (Å²) in [4.78, 5) is 1.75. The topological polar surface area (TPSA) is 43.7 Å². The van der Waals surface area contributed by atoms with Crippen molar-refractivity contribution in [3.05, 3.63) is 35.1 Å². The van der Waals surface area contributed by atoms with Crippen LogP contribution in [0.2, 0.25) is 0 Å². The van der Waals surface area contributed by atoms with Crippen LogP contribution in [0.4, 0.5) is 17.6 Å². The highest BCUT2D eigenvalue weighted by Crippen LogP contribution is 2.37. The van der Waals surface area contributed by atoms with Crippen molar-refractivity contribution in [1.82, 2.24) is 4.90 Å². The molecule has 1 heterocycles. The molecule has 0 amide bonds. The van der Waals surface area contributed by atoms with Crippen molar-refractivity contribution >= 4 is 0 Å². The van der Waals surface area contributed by atoms with E-state index in [0.717, 1.165) is 24.6 Å². The fourth-order valence-corrected chi connectivity index (χ4v) is 3.56. The molecule has 1 aliphatic rings. The lowest BCUT2D eigenvalue weighted by Crippen LogP contribution is -2.53. The molecular formula is C17H23F4NO2. The quantitative estimate of drug-likeness (QED) is 0.803. The van der Waals surface area contributed by atoms with Gasteiger partial charge in [0.25, 0.3) is 0 Å². The van der Waals surface area contributed by atoms with Crippen LogP contribution in [-0.4, -0.2) is 40.9 Å². The fourth-order valence-electron chi connectivity index (χ4n) is 3.56. The van der Waals surface area contributed by atoms with Crippen LogP contribution in [0, 0.1) is 11.2 Å². The third kappa shape index (κ3) is 4.07. The lowest BCUT2D eigenvalue weighted by Gasteiger charge is -2.45. The van der Waals surface area contributed by atoms with Crippen LogP contribution in [0.5, 0.6) is 0 Å². The smallest absolute Gasteiger partial charge is 0.396 e. The number of likely N-dealkylation sites (tertiary alicyclic amines) is 1. The van der Waals surface area contributed by atoms with E-state index in [9.17, 15) is 27.8 Å². The Morgan fingerprint density at radius 2 is 2.04 bits per heavy atom. The number of benzene rings is 1. The van der Waals surface area contributed by atoms with Gasteiger partial charge in [0.05, 0.1) is 18.3 Å². The summed E-state index contributed by atoms with van der Waals surface area (Å²) < 4.78 is 52.8. The van der Waals surface area contributed by atoms with E-state index in [1.165, 1.54) is 0 Å². The molecule has 0 saturated carbocycles. The summed E-state index contributed by atoms with van der Waals surface area (Å²) in [6.45, 7) is 2.32. The Morgan fingerprint density at radius 3 is 2.62 bits per heavy atom. The lowest BCUT2D eigenvalue weighted by molar-refractivity contribution is -0.138. The second-order valence-corrected chi connectivity index (χ2v) is 6.58. The molecule has 1 aliphatic heterocycles. The largest absolute Gasteiger partial charge is 0.416 e. The molecule has 0 radical (unpaired) electrons. The molecule has 1 aromatic rings. The minimum Gasteiger partial charge on any atom is -0.396 e. The molecule has 1 fully saturated rings. The number of alkyl halides is 3. The Hall–Kier alpha value is -1.18. The number of halogens is 4. The zero-order valence-corrected chi connectivity index (χ0v) is 13.6. The number of hydrogen-bond acceptors (Lipinski definition) is 3. The minimum absolute atomic E-state index is 0.0647. The highest BCUT2D eigenvalue weighted by Gasteiger charge is 2.42. The van der Waals surface area contributed by atoms with Crippen LogP contribution >= 0.6 is 0 Å². The van der Waals surface area contributed by atoms with Gasteiger partial charge in [-0.15, -0.1) is 0 Å². The van der Waals surface area contributed by atoms with Crippen LogP contribution < -0.4 is 0 Å². The summed E-state index contributed by atoms with van der Waals surface area (Å²) >= 11 is 0. The summed E-state index contributed by atoms with van der Waals surface area (Å²) in [6, 6.07) is 2.48. The molecule has 2 rings (SSSR count). The first-order chi connectivity index (χ1) is 11.2. The third-order valence-electron chi connectivity index (χ3n) is 4.79. The van der Waals surface area contributed by atoms with E-state index in [0.29, 0.717) is 19.4 Å². The maximum absolute atomic E-state index is 13.4. The summed E-state index contributed by atoms with van der Waals surface area (Å²) in [7, 11) is 0. The van der Waals surface area contributed by atoms with E-state index in [-0.39, 0.29) is 25.3 Å². The van der Waals surface area contributed by atoms with E-state index in [4.69, 9.17) is 0 Å². The highest BCUT2D eigenvalue weighted by atomic mass is 19.4. The molecule has 3 nitrogen and oxygen atoms in total. The first-order valence-corrected chi connectivity index (χ1v) is 8.09. The summed E-state index contributed by atoms with van der Waals surface area (Å²) in [5.74, 6) is -0.711. The van der Waals surface area contributed by atoms with Crippen molar-refractivity contribution in [2.75, 3.05) is 19.7 Å². The lowest BCUT2D eigenvalue weighted by atomic mass is 9.74. The number of aliphatic hydroxyl groups excluding tert-OH is 2. The Bertz CT molecular complexity index is 564. The first-order valence-electron chi connectivity index (χ1n) is 8.09. The molecule has 2 N–H and O–H groups in total. The van der Waals surface area contributed by atoms with Gasteiger partial charge in [0, 0.05) is 25.0 Å². The Kier molecular flexibility index (Phi) is 5.88. The number of piperidine rings is 1. The van der Waals surface area contributed by atoms with Gasteiger partial charge in [0.15, 0.2) is 0 Å². The second-order valence-electron chi connectivity index (χ2n) is 6.58. The molecule has 136 valence electrons. The van der Waals surface area contributed by atoms with Gasteiger partial charge in [-0.2, -0.15) is 13.2 Å². The van der Waals surface area contributed by atoms with Gasteiger partial charge in [-0.3, -0.25) is 4.90 Å². The SMILES string of the molecule is CCC[C@@]1(CO)CN(Cc2cc(F)ccc2C(F)(F)F)CC[C@H]1O. The van der Waals surface area contributed by atoms with Crippen LogP contribution in [0.25, 0.3) is 0 Å². The van der Waals surface area contributed by atoms with Crippen molar-refractivity contribution in [2.24, 2.45) is 5.41 Å². The highest BCUT2D eigenvalue weighted by molar-refractivity contribution is 5.30. The Morgan fingerprint density at radius 1 is 1.33 bits per heavy atom. The van der Waals surface area contributed by atoms with Crippen molar-refractivity contribution in [1.29, 1.82) is 0 Å². The Labute approximate surface area is 138 Å². The molecule has 1 saturated heterocycles. The van der Waals surface area contributed by atoms with E-state index in [1.54, 1.807) is 4.90 Å². The van der Waals surface area contributed by atoms with E-state index in [1.807, 2.05) is 6.92 Å². The monoisotopic (exact) mass is 349 g/mol. The molecule has 24 heavy (non-hydrogen) atoms. The van der Waals surface area contributed by atoms with Crippen LogP contribution in [0.3, 0.4) is 0 Å². The summed E-state index contributed by atoms with van der Waals surface area (Å²) in [5, 5.41) is 20.0. The van der Waals surface area contributed by atoms with E-state index in [2.05, 4.69) is 0 Å². The maximum Gasteiger partial charge on any atom is 0.416 e. The average molecular weight is 349 g/mol. The normalized spacial score (nSPS) is 25.9. The van der Waals surface area contributed by atoms with Gasteiger partial charge in [0.1, 0.15) is 5.82 Å². The summed E-state index contributed by atoms with van der Waals surface area (Å²) in [6.07, 6.45) is -3.53. The van der Waals surface area contributed by atoms with Gasteiger partial charge in [-0.25, -0.2) is 4.39 Å². The van der Waals surface area contributed by atoms with Gasteiger partial charge in [-0.1, -0.05) is 13.3 Å². The molecule has 0 unspecified atom stereocenters. The van der Waals surface area contributed by atoms with Gasteiger partial charge in [-0.05, 0) is 36.6 Å². The van der Waals surface area contributed by atoms with Crippen molar-refractivity contribution in [2.45, 2.75) is 45.0 Å². The second kappa shape index (κ2) is 7.37. The minimum atomic E-state index is -4.55. The molecule has 7 heteroatoms. The predicted molar refractivity (Wildman–Crippen MR) is 81.7 cm³/mol. The molecule has 1 aromatic carbocycles. The van der Waals surface area contributed by atoms with Crippen molar-refractivity contribution < 1.29 is 27.8 Å². The predicted octanol–water partition coefficient (Wildman–Crippen LogP) is 3.19. The average Bonchev–Trinajstić information content (AvgIpc) is 2.49. The van der Waals surface area contributed by atoms with Gasteiger partial charge >= 0.3 is 6.18 Å². The molecule has 0 spiro atoms.